The van der Waals surface area contributed by atoms with Gasteiger partial charge in [0.05, 0.1) is 30.3 Å². The van der Waals surface area contributed by atoms with Crippen LogP contribution >= 0.6 is 11.6 Å². The molecule has 5 nitrogen and oxygen atoms in total. The molecule has 2 N–H and O–H groups in total. The predicted molar refractivity (Wildman–Crippen MR) is 95.1 cm³/mol. The zero-order valence-electron chi connectivity index (χ0n) is 14.1. The molecule has 0 bridgehead atoms. The Kier molecular flexibility index (Phi) is 7.07. The molecule has 134 valence electrons. The monoisotopic (exact) mass is 373 g/mol. The number of piperidine rings is 1. The number of carbonyl (C=O) groups excluding carboxylic acids is 1. The molecule has 1 saturated heterocycles. The summed E-state index contributed by atoms with van der Waals surface area (Å²) < 4.78 is 24.5. The molecule has 0 atom stereocenters. The summed E-state index contributed by atoms with van der Waals surface area (Å²) in [7, 11) is -3.45. The molecule has 2 rings (SSSR count). The van der Waals surface area contributed by atoms with Crippen LogP contribution in [0, 0.1) is 0 Å². The molecule has 7 heteroatoms. The van der Waals surface area contributed by atoms with Crippen LogP contribution < -0.4 is 10.2 Å². The number of carbonyl (C=O) groups is 1. The van der Waals surface area contributed by atoms with Crippen molar-refractivity contribution in [1.29, 1.82) is 0 Å². The van der Waals surface area contributed by atoms with E-state index in [1.54, 1.807) is 17.0 Å². The van der Waals surface area contributed by atoms with Gasteiger partial charge in [-0.3, -0.25) is 4.79 Å². The summed E-state index contributed by atoms with van der Waals surface area (Å²) in [6.45, 7) is 5.51. The van der Waals surface area contributed by atoms with Gasteiger partial charge in [-0.15, -0.1) is 0 Å². The molecule has 0 aromatic heterocycles. The first-order chi connectivity index (χ1) is 11.4. The van der Waals surface area contributed by atoms with E-state index in [4.69, 9.17) is 11.6 Å². The lowest BCUT2D eigenvalue weighted by Gasteiger charge is -2.29. The van der Waals surface area contributed by atoms with Gasteiger partial charge in [0.15, 0.2) is 9.84 Å². The van der Waals surface area contributed by atoms with Gasteiger partial charge in [0.1, 0.15) is 0 Å². The van der Waals surface area contributed by atoms with Gasteiger partial charge >= 0.3 is 0 Å². The first-order valence-electron chi connectivity index (χ1n) is 8.52. The molecular weight excluding hydrogens is 348 g/mol. The van der Waals surface area contributed by atoms with E-state index in [1.807, 2.05) is 0 Å². The summed E-state index contributed by atoms with van der Waals surface area (Å²) in [4.78, 5) is 13.8. The molecule has 0 saturated carbocycles. The van der Waals surface area contributed by atoms with E-state index >= 15 is 0 Å². The molecule has 1 fully saturated rings. The molecule has 0 aliphatic carbocycles. The minimum absolute atomic E-state index is 0.00695. The first kappa shape index (κ1) is 19.2. The highest BCUT2D eigenvalue weighted by molar-refractivity contribution is 7.91. The van der Waals surface area contributed by atoms with Crippen LogP contribution in [0.4, 0.5) is 0 Å². The van der Waals surface area contributed by atoms with Gasteiger partial charge < -0.3 is 10.2 Å². The molecule has 1 aliphatic rings. The Morgan fingerprint density at radius 3 is 2.46 bits per heavy atom. The molecule has 1 amide bonds. The predicted octanol–water partition coefficient (Wildman–Crippen LogP) is 1.08. The van der Waals surface area contributed by atoms with E-state index in [9.17, 15) is 13.2 Å². The van der Waals surface area contributed by atoms with Crippen LogP contribution in [0.15, 0.2) is 29.2 Å². The Morgan fingerprint density at radius 1 is 1.25 bits per heavy atom. The highest BCUT2D eigenvalue weighted by Gasteiger charge is 2.23. The Hall–Kier alpha value is -1.11. The quantitative estimate of drug-likeness (QED) is 0.751. The molecule has 0 unspecified atom stereocenters. The summed E-state index contributed by atoms with van der Waals surface area (Å²) in [6.07, 6.45) is 3.10. The highest BCUT2D eigenvalue weighted by atomic mass is 35.5. The average Bonchev–Trinajstić information content (AvgIpc) is 2.56. The Labute approximate surface area is 149 Å². The van der Waals surface area contributed by atoms with E-state index in [1.165, 1.54) is 25.1 Å². The van der Waals surface area contributed by atoms with Crippen LogP contribution in [-0.4, -0.2) is 45.8 Å². The van der Waals surface area contributed by atoms with Crippen molar-refractivity contribution in [3.05, 3.63) is 29.3 Å². The summed E-state index contributed by atoms with van der Waals surface area (Å²) in [5.74, 6) is -0.364. The fourth-order valence-electron chi connectivity index (χ4n) is 3.06. The van der Waals surface area contributed by atoms with Gasteiger partial charge in [0.2, 0.25) is 5.91 Å². The standard InChI is InChI=1S/C17H25ClN2O3S/c1-2-10-20-11-7-15(8-12-20)19-17(21)9-13-24(22,23)16-5-3-14(18)4-6-16/h3-6,15H,2,7-13H2,1H3,(H,19,21)/p+1. The van der Waals surface area contributed by atoms with Gasteiger partial charge in [-0.05, 0) is 30.7 Å². The zero-order chi connectivity index (χ0) is 17.6. The number of quaternary nitrogens is 1. The van der Waals surface area contributed by atoms with Gasteiger partial charge in [-0.2, -0.15) is 0 Å². The fourth-order valence-corrected chi connectivity index (χ4v) is 4.43. The van der Waals surface area contributed by atoms with Crippen molar-refractivity contribution < 1.29 is 18.1 Å². The minimum atomic E-state index is -3.45. The second-order valence-corrected chi connectivity index (χ2v) is 8.91. The zero-order valence-corrected chi connectivity index (χ0v) is 15.6. The molecule has 1 aromatic rings. The van der Waals surface area contributed by atoms with Crippen molar-refractivity contribution in [3.63, 3.8) is 0 Å². The van der Waals surface area contributed by atoms with E-state index in [0.717, 1.165) is 25.9 Å². The topological polar surface area (TPSA) is 67.7 Å². The lowest BCUT2D eigenvalue weighted by molar-refractivity contribution is -0.905. The van der Waals surface area contributed by atoms with Crippen molar-refractivity contribution in [2.45, 2.75) is 43.5 Å². The third kappa shape index (κ3) is 5.76. The number of likely N-dealkylation sites (tertiary alicyclic amines) is 1. The van der Waals surface area contributed by atoms with Crippen LogP contribution in [-0.2, 0) is 14.6 Å². The maximum atomic E-state index is 12.2. The first-order valence-corrected chi connectivity index (χ1v) is 10.5. The summed E-state index contributed by atoms with van der Waals surface area (Å²) in [5, 5.41) is 3.47. The molecule has 1 heterocycles. The summed E-state index contributed by atoms with van der Waals surface area (Å²) in [5.41, 5.74) is 0. The van der Waals surface area contributed by atoms with Crippen LogP contribution in [0.1, 0.15) is 32.6 Å². The smallest absolute Gasteiger partial charge is 0.221 e. The van der Waals surface area contributed by atoms with Crippen LogP contribution in [0.25, 0.3) is 0 Å². The maximum absolute atomic E-state index is 12.2. The lowest BCUT2D eigenvalue weighted by Crippen LogP contribution is -3.13. The van der Waals surface area contributed by atoms with Gasteiger partial charge in [-0.1, -0.05) is 18.5 Å². The Bertz CT molecular complexity index is 638. The van der Waals surface area contributed by atoms with E-state index in [2.05, 4.69) is 12.2 Å². The number of rotatable bonds is 7. The molecule has 24 heavy (non-hydrogen) atoms. The highest BCUT2D eigenvalue weighted by Crippen LogP contribution is 2.16. The summed E-state index contributed by atoms with van der Waals surface area (Å²) in [6, 6.07) is 6.21. The lowest BCUT2D eigenvalue weighted by atomic mass is 10.0. The van der Waals surface area contributed by atoms with Crippen LogP contribution in [0.2, 0.25) is 5.02 Å². The van der Waals surface area contributed by atoms with E-state index in [-0.39, 0.29) is 29.0 Å². The number of hydrogen-bond donors (Lipinski definition) is 2. The number of amides is 1. The fraction of sp³-hybridized carbons (Fsp3) is 0.588. The third-order valence-corrected chi connectivity index (χ3v) is 6.42. The van der Waals surface area contributed by atoms with Gasteiger partial charge in [0, 0.05) is 30.3 Å². The van der Waals surface area contributed by atoms with Crippen molar-refractivity contribution in [1.82, 2.24) is 5.32 Å². The van der Waals surface area contributed by atoms with Crippen molar-refractivity contribution in [2.75, 3.05) is 25.4 Å². The van der Waals surface area contributed by atoms with Crippen molar-refractivity contribution in [3.8, 4) is 0 Å². The molecular formula is C17H26ClN2O3S+. The van der Waals surface area contributed by atoms with Crippen molar-refractivity contribution >= 4 is 27.3 Å². The van der Waals surface area contributed by atoms with Crippen molar-refractivity contribution in [2.24, 2.45) is 0 Å². The molecule has 0 spiro atoms. The largest absolute Gasteiger partial charge is 0.353 e. The number of sulfone groups is 1. The van der Waals surface area contributed by atoms with Gasteiger partial charge in [-0.25, -0.2) is 8.42 Å². The minimum Gasteiger partial charge on any atom is -0.353 e. The SMILES string of the molecule is CCC[NH+]1CCC(NC(=O)CCS(=O)(=O)c2ccc(Cl)cc2)CC1. The number of halogens is 1. The Balaban J connectivity index is 1.78. The van der Waals surface area contributed by atoms with Crippen LogP contribution in [0.5, 0.6) is 0 Å². The normalized spacial score (nSPS) is 21.4. The Morgan fingerprint density at radius 2 is 1.88 bits per heavy atom. The molecule has 1 aliphatic heterocycles. The second kappa shape index (κ2) is 8.83. The molecule has 1 aromatic carbocycles. The van der Waals surface area contributed by atoms with E-state index in [0.29, 0.717) is 5.02 Å². The maximum Gasteiger partial charge on any atom is 0.221 e. The molecule has 0 radical (unpaired) electrons. The van der Waals surface area contributed by atoms with Crippen LogP contribution in [0.3, 0.4) is 0 Å². The second-order valence-electron chi connectivity index (χ2n) is 6.36. The number of benzene rings is 1. The third-order valence-electron chi connectivity index (χ3n) is 4.43. The van der Waals surface area contributed by atoms with E-state index < -0.39 is 9.84 Å². The number of hydrogen-bond acceptors (Lipinski definition) is 3. The van der Waals surface area contributed by atoms with Gasteiger partial charge in [0.25, 0.3) is 0 Å². The average molecular weight is 374 g/mol. The number of nitrogens with one attached hydrogen (secondary N) is 2. The summed E-state index contributed by atoms with van der Waals surface area (Å²) >= 11 is 5.77.